The SMILES string of the molecule is CC(O)c1cc2c(c(-c3cn(C)c(=O)c4[nH]ccc34)c1)OC(C(C)C)C(=O)N2. The zero-order valence-corrected chi connectivity index (χ0v) is 16.2. The summed E-state index contributed by atoms with van der Waals surface area (Å²) in [5.74, 6) is 0.331. The molecule has 28 heavy (non-hydrogen) atoms. The number of pyridine rings is 1. The monoisotopic (exact) mass is 381 g/mol. The number of aliphatic hydroxyl groups excluding tert-OH is 1. The predicted molar refractivity (Wildman–Crippen MR) is 107 cm³/mol. The van der Waals surface area contributed by atoms with E-state index in [0.717, 1.165) is 16.5 Å². The molecule has 0 bridgehead atoms. The number of hydrogen-bond acceptors (Lipinski definition) is 4. The van der Waals surface area contributed by atoms with Gasteiger partial charge in [0.2, 0.25) is 0 Å². The molecule has 1 aliphatic heterocycles. The van der Waals surface area contributed by atoms with E-state index in [1.54, 1.807) is 32.4 Å². The van der Waals surface area contributed by atoms with Gasteiger partial charge in [-0.15, -0.1) is 0 Å². The molecule has 1 aliphatic rings. The number of aromatic nitrogens is 2. The number of rotatable bonds is 3. The normalized spacial score (nSPS) is 17.4. The molecule has 7 nitrogen and oxygen atoms in total. The number of anilines is 1. The average Bonchev–Trinajstić information content (AvgIpc) is 3.13. The van der Waals surface area contributed by atoms with Crippen LogP contribution in [0.5, 0.6) is 5.75 Å². The van der Waals surface area contributed by atoms with Crippen LogP contribution in [-0.2, 0) is 11.8 Å². The molecule has 0 radical (unpaired) electrons. The number of hydrogen-bond donors (Lipinski definition) is 3. The number of aryl methyl sites for hydroxylation is 1. The van der Waals surface area contributed by atoms with E-state index >= 15 is 0 Å². The van der Waals surface area contributed by atoms with Crippen molar-refractivity contribution in [2.75, 3.05) is 5.32 Å². The first kappa shape index (κ1) is 18.3. The van der Waals surface area contributed by atoms with Crippen molar-refractivity contribution in [1.29, 1.82) is 0 Å². The minimum absolute atomic E-state index is 0.00940. The summed E-state index contributed by atoms with van der Waals surface area (Å²) >= 11 is 0. The van der Waals surface area contributed by atoms with Crippen molar-refractivity contribution >= 4 is 22.5 Å². The van der Waals surface area contributed by atoms with Crippen molar-refractivity contribution < 1.29 is 14.6 Å². The van der Waals surface area contributed by atoms with Crippen LogP contribution in [0.2, 0.25) is 0 Å². The number of aromatic amines is 1. The Balaban J connectivity index is 2.03. The Labute approximate surface area is 162 Å². The van der Waals surface area contributed by atoms with Crippen LogP contribution in [0.4, 0.5) is 5.69 Å². The third kappa shape index (κ3) is 2.79. The molecule has 2 atom stereocenters. The maximum Gasteiger partial charge on any atom is 0.274 e. The number of fused-ring (bicyclic) bond motifs is 2. The molecule has 3 heterocycles. The second-order valence-electron chi connectivity index (χ2n) is 7.62. The van der Waals surface area contributed by atoms with Crippen LogP contribution in [0.25, 0.3) is 22.0 Å². The fraction of sp³-hybridized carbons (Fsp3) is 0.333. The Kier molecular flexibility index (Phi) is 4.27. The molecule has 3 N–H and O–H groups in total. The number of nitrogens with zero attached hydrogens (tertiary/aromatic N) is 1. The van der Waals surface area contributed by atoms with Gasteiger partial charge >= 0.3 is 0 Å². The molecule has 1 amide bonds. The molecule has 0 saturated carbocycles. The smallest absolute Gasteiger partial charge is 0.274 e. The average molecular weight is 381 g/mol. The van der Waals surface area contributed by atoms with Gasteiger partial charge in [-0.3, -0.25) is 9.59 Å². The lowest BCUT2D eigenvalue weighted by molar-refractivity contribution is -0.125. The lowest BCUT2D eigenvalue weighted by Crippen LogP contribution is -2.40. The van der Waals surface area contributed by atoms with Crippen LogP contribution in [0, 0.1) is 5.92 Å². The Hall–Kier alpha value is -3.06. The van der Waals surface area contributed by atoms with Gasteiger partial charge in [-0.05, 0) is 36.6 Å². The second-order valence-corrected chi connectivity index (χ2v) is 7.62. The largest absolute Gasteiger partial charge is 0.477 e. The van der Waals surface area contributed by atoms with E-state index < -0.39 is 12.2 Å². The minimum Gasteiger partial charge on any atom is -0.477 e. The number of H-pyrrole nitrogens is 1. The minimum atomic E-state index is -0.724. The van der Waals surface area contributed by atoms with Crippen molar-refractivity contribution in [2.24, 2.45) is 13.0 Å². The zero-order chi connectivity index (χ0) is 20.2. The summed E-state index contributed by atoms with van der Waals surface area (Å²) in [5, 5.41) is 13.8. The van der Waals surface area contributed by atoms with Gasteiger partial charge in [0.25, 0.3) is 11.5 Å². The number of benzene rings is 1. The molecule has 7 heteroatoms. The molecule has 2 aromatic heterocycles. The van der Waals surface area contributed by atoms with Gasteiger partial charge in [0.1, 0.15) is 5.52 Å². The number of carbonyl (C=O) groups excluding carboxylic acids is 1. The second kappa shape index (κ2) is 6.53. The zero-order valence-electron chi connectivity index (χ0n) is 16.2. The summed E-state index contributed by atoms with van der Waals surface area (Å²) < 4.78 is 7.64. The van der Waals surface area contributed by atoms with Gasteiger partial charge in [0, 0.05) is 36.0 Å². The van der Waals surface area contributed by atoms with Gasteiger partial charge in [-0.2, -0.15) is 0 Å². The number of amides is 1. The maximum absolute atomic E-state index is 12.4. The third-order valence-corrected chi connectivity index (χ3v) is 5.14. The summed E-state index contributed by atoms with van der Waals surface area (Å²) in [6, 6.07) is 5.42. The van der Waals surface area contributed by atoms with Crippen LogP contribution in [0.1, 0.15) is 32.4 Å². The summed E-state index contributed by atoms with van der Waals surface area (Å²) in [6.45, 7) is 5.52. The van der Waals surface area contributed by atoms with Crippen molar-refractivity contribution in [3.63, 3.8) is 0 Å². The van der Waals surface area contributed by atoms with E-state index in [0.29, 0.717) is 22.5 Å². The highest BCUT2D eigenvalue weighted by atomic mass is 16.5. The van der Waals surface area contributed by atoms with Gasteiger partial charge in [0.05, 0.1) is 11.8 Å². The first-order valence-electron chi connectivity index (χ1n) is 9.28. The van der Waals surface area contributed by atoms with Crippen LogP contribution >= 0.6 is 0 Å². The van der Waals surface area contributed by atoms with Crippen LogP contribution in [0.15, 0.2) is 35.4 Å². The summed E-state index contributed by atoms with van der Waals surface area (Å²) in [4.78, 5) is 27.9. The lowest BCUT2D eigenvalue weighted by atomic mass is 9.95. The molecule has 0 spiro atoms. The van der Waals surface area contributed by atoms with Crippen LogP contribution in [0.3, 0.4) is 0 Å². The highest BCUT2D eigenvalue weighted by Gasteiger charge is 2.33. The van der Waals surface area contributed by atoms with E-state index in [9.17, 15) is 14.7 Å². The van der Waals surface area contributed by atoms with Gasteiger partial charge in [-0.25, -0.2) is 0 Å². The fourth-order valence-electron chi connectivity index (χ4n) is 3.62. The van der Waals surface area contributed by atoms with Crippen molar-refractivity contribution in [1.82, 2.24) is 9.55 Å². The Morgan fingerprint density at radius 1 is 1.18 bits per heavy atom. The Morgan fingerprint density at radius 3 is 2.61 bits per heavy atom. The molecule has 0 saturated heterocycles. The Morgan fingerprint density at radius 2 is 1.93 bits per heavy atom. The lowest BCUT2D eigenvalue weighted by Gasteiger charge is -2.30. The molecule has 146 valence electrons. The van der Waals surface area contributed by atoms with Crippen molar-refractivity contribution in [3.8, 4) is 16.9 Å². The Bertz CT molecular complexity index is 1140. The van der Waals surface area contributed by atoms with E-state index in [2.05, 4.69) is 10.3 Å². The van der Waals surface area contributed by atoms with E-state index in [-0.39, 0.29) is 17.4 Å². The number of nitrogens with one attached hydrogen (secondary N) is 2. The van der Waals surface area contributed by atoms with Crippen LogP contribution < -0.4 is 15.6 Å². The summed E-state index contributed by atoms with van der Waals surface area (Å²) in [7, 11) is 1.69. The molecule has 3 aromatic rings. The first-order valence-corrected chi connectivity index (χ1v) is 9.28. The molecular weight excluding hydrogens is 358 g/mol. The quantitative estimate of drug-likeness (QED) is 0.650. The third-order valence-electron chi connectivity index (χ3n) is 5.14. The predicted octanol–water partition coefficient (Wildman–Crippen LogP) is 2.94. The standard InChI is InChI=1S/C21H23N3O4/c1-10(2)18-20(26)23-16-8-12(11(3)25)7-14(19(16)28-18)15-9-24(4)21(27)17-13(15)5-6-22-17/h5-11,18,22,25H,1-4H3,(H,23,26). The molecule has 2 unspecified atom stereocenters. The maximum atomic E-state index is 12.4. The highest BCUT2D eigenvalue weighted by molar-refractivity contribution is 6.03. The van der Waals surface area contributed by atoms with E-state index in [4.69, 9.17) is 4.74 Å². The first-order chi connectivity index (χ1) is 13.3. The van der Waals surface area contributed by atoms with Gasteiger partial charge in [0.15, 0.2) is 11.9 Å². The van der Waals surface area contributed by atoms with Crippen molar-refractivity contribution in [3.05, 3.63) is 46.5 Å². The molecule has 4 rings (SSSR count). The fourth-order valence-corrected chi connectivity index (χ4v) is 3.62. The van der Waals surface area contributed by atoms with Crippen molar-refractivity contribution in [2.45, 2.75) is 33.0 Å². The number of aliphatic hydroxyl groups is 1. The highest BCUT2D eigenvalue weighted by Crippen LogP contribution is 2.44. The van der Waals surface area contributed by atoms with E-state index in [1.807, 2.05) is 26.0 Å². The molecule has 1 aromatic carbocycles. The summed E-state index contributed by atoms with van der Waals surface area (Å²) in [5.41, 5.74) is 3.05. The molecule has 0 aliphatic carbocycles. The number of ether oxygens (including phenoxy) is 1. The van der Waals surface area contributed by atoms with Crippen LogP contribution in [-0.4, -0.2) is 26.7 Å². The summed E-state index contributed by atoms with van der Waals surface area (Å²) in [6.07, 6.45) is 2.14. The van der Waals surface area contributed by atoms with Gasteiger partial charge < -0.3 is 24.7 Å². The van der Waals surface area contributed by atoms with Gasteiger partial charge in [-0.1, -0.05) is 13.8 Å². The van der Waals surface area contributed by atoms with E-state index in [1.165, 1.54) is 4.57 Å². The number of carbonyl (C=O) groups is 1. The molecule has 0 fully saturated rings. The molecular formula is C21H23N3O4. The topological polar surface area (TPSA) is 96.3 Å².